The van der Waals surface area contributed by atoms with Gasteiger partial charge in [0.2, 0.25) is 0 Å². The zero-order valence-corrected chi connectivity index (χ0v) is 14.6. The predicted molar refractivity (Wildman–Crippen MR) is 91.0 cm³/mol. The van der Waals surface area contributed by atoms with Gasteiger partial charge in [-0.2, -0.15) is 17.7 Å². The average molecular weight is 361 g/mol. The largest absolute Gasteiger partial charge is 0.394 e. The van der Waals surface area contributed by atoms with Crippen molar-refractivity contribution in [2.75, 3.05) is 39.6 Å². The van der Waals surface area contributed by atoms with E-state index in [1.165, 1.54) is 0 Å². The van der Waals surface area contributed by atoms with Crippen molar-refractivity contribution in [1.82, 2.24) is 9.78 Å². The van der Waals surface area contributed by atoms with Crippen LogP contribution in [0, 0.1) is 0 Å². The summed E-state index contributed by atoms with van der Waals surface area (Å²) in [5.74, 6) is 0. The predicted octanol–water partition coefficient (Wildman–Crippen LogP) is -0.643. The van der Waals surface area contributed by atoms with Crippen molar-refractivity contribution in [3.63, 3.8) is 0 Å². The lowest BCUT2D eigenvalue weighted by atomic mass is 9.99. The fourth-order valence-corrected chi connectivity index (χ4v) is 2.92. The van der Waals surface area contributed by atoms with Gasteiger partial charge in [0.25, 0.3) is 0 Å². The van der Waals surface area contributed by atoms with Gasteiger partial charge in [-0.3, -0.25) is 4.68 Å². The Balaban J connectivity index is 1.74. The zero-order chi connectivity index (χ0) is 17.4. The number of nitrogens with two attached hydrogens (primary N) is 1. The second kappa shape index (κ2) is 10.3. The maximum absolute atomic E-state index is 9.91. The first kappa shape index (κ1) is 19.6. The highest BCUT2D eigenvalue weighted by molar-refractivity contribution is 7.81. The van der Waals surface area contributed by atoms with Crippen molar-refractivity contribution in [2.24, 2.45) is 5.73 Å². The Morgan fingerprint density at radius 1 is 1.33 bits per heavy atom. The highest BCUT2D eigenvalue weighted by atomic mass is 32.1. The van der Waals surface area contributed by atoms with Gasteiger partial charge < -0.3 is 30.2 Å². The highest BCUT2D eigenvalue weighted by Gasteiger charge is 2.36. The summed E-state index contributed by atoms with van der Waals surface area (Å²) >= 11 is 4.37. The average Bonchev–Trinajstić information content (AvgIpc) is 3.05. The number of rotatable bonds is 10. The molecule has 2 rings (SSSR count). The van der Waals surface area contributed by atoms with Crippen LogP contribution in [0.15, 0.2) is 12.3 Å². The molecule has 0 unspecified atom stereocenters. The van der Waals surface area contributed by atoms with Crippen molar-refractivity contribution in [3.8, 4) is 0 Å². The number of hydrogen-bond acceptors (Lipinski definition) is 8. The summed E-state index contributed by atoms with van der Waals surface area (Å²) in [5, 5.41) is 23.4. The van der Waals surface area contributed by atoms with E-state index in [1.807, 2.05) is 12.3 Å². The van der Waals surface area contributed by atoms with Crippen LogP contribution in [-0.2, 0) is 20.8 Å². The lowest BCUT2D eigenvalue weighted by Gasteiger charge is -2.36. The zero-order valence-electron chi connectivity index (χ0n) is 13.7. The minimum absolute atomic E-state index is 0.241. The summed E-state index contributed by atoms with van der Waals surface area (Å²) in [6.45, 7) is 3.04. The van der Waals surface area contributed by atoms with Crippen LogP contribution < -0.4 is 5.73 Å². The number of aliphatic hydroxyl groups is 2. The number of ether oxygens (including phenoxy) is 3. The van der Waals surface area contributed by atoms with Crippen LogP contribution in [0.25, 0.3) is 0 Å². The summed E-state index contributed by atoms with van der Waals surface area (Å²) in [6, 6.07) is 1.88. The van der Waals surface area contributed by atoms with Crippen LogP contribution in [0.1, 0.15) is 18.2 Å². The maximum Gasteiger partial charge on any atom is 0.108 e. The molecule has 0 amide bonds. The Bertz CT molecular complexity index is 476. The lowest BCUT2D eigenvalue weighted by Crippen LogP contribution is -2.45. The Morgan fingerprint density at radius 2 is 2.08 bits per heavy atom. The number of hydrogen-bond donors (Lipinski definition) is 4. The normalized spacial score (nSPS) is 27.5. The smallest absolute Gasteiger partial charge is 0.108 e. The number of aromatic nitrogens is 2. The molecule has 1 saturated heterocycles. The van der Waals surface area contributed by atoms with E-state index in [0.29, 0.717) is 45.9 Å². The molecule has 138 valence electrons. The Hall–Kier alpha value is -0.680. The third-order valence-electron chi connectivity index (χ3n) is 3.84. The minimum Gasteiger partial charge on any atom is -0.394 e. The van der Waals surface area contributed by atoms with Gasteiger partial charge in [-0.25, -0.2) is 0 Å². The molecule has 0 aliphatic carbocycles. The highest BCUT2D eigenvalue weighted by Crippen LogP contribution is 2.33. The van der Waals surface area contributed by atoms with Crippen molar-refractivity contribution in [2.45, 2.75) is 36.5 Å². The molecular weight excluding hydrogens is 334 g/mol. The van der Waals surface area contributed by atoms with E-state index in [9.17, 15) is 10.2 Å². The first-order valence-corrected chi connectivity index (χ1v) is 8.68. The Labute approximate surface area is 147 Å². The van der Waals surface area contributed by atoms with E-state index in [4.69, 9.17) is 19.9 Å². The molecule has 0 saturated carbocycles. The minimum atomic E-state index is -0.772. The summed E-state index contributed by atoms with van der Waals surface area (Å²) in [7, 11) is 0. The molecule has 1 aliphatic rings. The third kappa shape index (κ3) is 5.69. The van der Waals surface area contributed by atoms with Gasteiger partial charge in [0.1, 0.15) is 12.2 Å². The molecule has 4 N–H and O–H groups in total. The maximum atomic E-state index is 9.91. The fourth-order valence-electron chi connectivity index (χ4n) is 2.53. The number of nitrogens with zero attached hydrogens (tertiary/aromatic N) is 2. The van der Waals surface area contributed by atoms with Gasteiger partial charge in [-0.05, 0) is 12.5 Å². The number of thiol groups is 1. The third-order valence-corrected chi connectivity index (χ3v) is 4.36. The van der Waals surface area contributed by atoms with Gasteiger partial charge in [-0.15, -0.1) is 0 Å². The molecule has 1 aromatic rings. The van der Waals surface area contributed by atoms with E-state index < -0.39 is 12.2 Å². The molecule has 0 spiro atoms. The molecule has 1 fully saturated rings. The standard InChI is InChI=1S/C15H27N3O5S/c16-2-5-21-7-8-22-6-4-18-3-1-11(17-18)12-9-14(24)15(20)13(10-19)23-12/h1,3,12-15,19-20,24H,2,4-10,16H2/t12-,13+,14+,15-/m0/s1. The molecule has 0 aromatic carbocycles. The second-order valence-electron chi connectivity index (χ2n) is 5.66. The molecule has 2 heterocycles. The van der Waals surface area contributed by atoms with Gasteiger partial charge >= 0.3 is 0 Å². The van der Waals surface area contributed by atoms with Crippen molar-refractivity contribution in [1.29, 1.82) is 0 Å². The van der Waals surface area contributed by atoms with Crippen LogP contribution in [0.4, 0.5) is 0 Å². The van der Waals surface area contributed by atoms with Crippen LogP contribution in [-0.4, -0.2) is 77.0 Å². The molecule has 0 bridgehead atoms. The van der Waals surface area contributed by atoms with Crippen molar-refractivity contribution < 1.29 is 24.4 Å². The monoisotopic (exact) mass is 361 g/mol. The molecular formula is C15H27N3O5S. The second-order valence-corrected chi connectivity index (χ2v) is 6.32. The topological polar surface area (TPSA) is 112 Å². The molecule has 0 radical (unpaired) electrons. The van der Waals surface area contributed by atoms with E-state index >= 15 is 0 Å². The molecule has 24 heavy (non-hydrogen) atoms. The molecule has 1 aliphatic heterocycles. The van der Waals surface area contributed by atoms with Gasteiger partial charge in [0.05, 0.1) is 51.4 Å². The molecule has 9 heteroatoms. The van der Waals surface area contributed by atoms with E-state index in [1.54, 1.807) is 4.68 Å². The Kier molecular flexibility index (Phi) is 8.46. The number of aliphatic hydroxyl groups excluding tert-OH is 2. The summed E-state index contributed by atoms with van der Waals surface area (Å²) < 4.78 is 18.2. The van der Waals surface area contributed by atoms with Gasteiger partial charge in [0.15, 0.2) is 0 Å². The van der Waals surface area contributed by atoms with Crippen LogP contribution >= 0.6 is 12.6 Å². The summed E-state index contributed by atoms with van der Waals surface area (Å²) in [6.07, 6.45) is 0.728. The van der Waals surface area contributed by atoms with E-state index in [-0.39, 0.29) is 18.0 Å². The van der Waals surface area contributed by atoms with Crippen LogP contribution in [0.5, 0.6) is 0 Å². The quantitative estimate of drug-likeness (QED) is 0.324. The molecule has 1 aromatic heterocycles. The van der Waals surface area contributed by atoms with E-state index in [0.717, 1.165) is 5.69 Å². The molecule has 8 nitrogen and oxygen atoms in total. The first-order valence-electron chi connectivity index (χ1n) is 8.17. The first-order chi connectivity index (χ1) is 11.7. The van der Waals surface area contributed by atoms with Crippen LogP contribution in [0.3, 0.4) is 0 Å². The molecule has 4 atom stereocenters. The SMILES string of the molecule is NCCOCCOCCn1ccc([C@@H]2C[C@@H](S)[C@@H](O)[C@@H](CO)O2)n1. The summed E-state index contributed by atoms with van der Waals surface area (Å²) in [4.78, 5) is 0. The van der Waals surface area contributed by atoms with Crippen LogP contribution in [0.2, 0.25) is 0 Å². The fraction of sp³-hybridized carbons (Fsp3) is 0.800. The summed E-state index contributed by atoms with van der Waals surface area (Å²) in [5.41, 5.74) is 6.09. The Morgan fingerprint density at radius 3 is 2.79 bits per heavy atom. The van der Waals surface area contributed by atoms with Crippen molar-refractivity contribution in [3.05, 3.63) is 18.0 Å². The van der Waals surface area contributed by atoms with Gasteiger partial charge in [0, 0.05) is 18.0 Å². The van der Waals surface area contributed by atoms with Crippen molar-refractivity contribution >= 4 is 12.6 Å². The van der Waals surface area contributed by atoms with E-state index in [2.05, 4.69) is 17.7 Å². The lowest BCUT2D eigenvalue weighted by molar-refractivity contribution is -0.133. The van der Waals surface area contributed by atoms with Gasteiger partial charge in [-0.1, -0.05) is 0 Å².